The topological polar surface area (TPSA) is 32.3 Å². The molecule has 3 nitrogen and oxygen atoms in total. The van der Waals surface area contributed by atoms with Crippen LogP contribution in [0.2, 0.25) is 0 Å². The van der Waals surface area contributed by atoms with Gasteiger partial charge in [0.1, 0.15) is 0 Å². The van der Waals surface area contributed by atoms with E-state index < -0.39 is 0 Å². The van der Waals surface area contributed by atoms with E-state index in [0.29, 0.717) is 6.54 Å². The first-order valence-electron chi connectivity index (χ1n) is 9.26. The van der Waals surface area contributed by atoms with Crippen LogP contribution in [0, 0.1) is 12.8 Å². The van der Waals surface area contributed by atoms with Crippen molar-refractivity contribution in [3.63, 3.8) is 0 Å². The van der Waals surface area contributed by atoms with Crippen molar-refractivity contribution in [1.82, 2.24) is 10.2 Å². The molecule has 2 aromatic carbocycles. The number of hydrogen-bond donors (Lipinski definition) is 1. The molecule has 0 spiro atoms. The molecule has 0 saturated carbocycles. The van der Waals surface area contributed by atoms with Gasteiger partial charge in [-0.1, -0.05) is 43.3 Å². The minimum absolute atomic E-state index is 0.0126. The van der Waals surface area contributed by atoms with Crippen molar-refractivity contribution in [2.24, 2.45) is 5.92 Å². The summed E-state index contributed by atoms with van der Waals surface area (Å²) in [6.45, 7) is 8.31. The largest absolute Gasteiger partial charge is 0.348 e. The Morgan fingerprint density at radius 3 is 2.64 bits per heavy atom. The Balaban J connectivity index is 1.54. The molecule has 132 valence electrons. The molecular weight excluding hydrogens is 308 g/mol. The number of likely N-dealkylation sites (tertiary alicyclic amines) is 1. The number of amides is 1. The number of carbonyl (C=O) groups excluding carboxylic acids is 1. The predicted molar refractivity (Wildman–Crippen MR) is 102 cm³/mol. The monoisotopic (exact) mass is 336 g/mol. The molecule has 1 fully saturated rings. The number of hydrogen-bond acceptors (Lipinski definition) is 2. The zero-order chi connectivity index (χ0) is 17.6. The molecule has 0 bridgehead atoms. The molecule has 1 N–H and O–H groups in total. The van der Waals surface area contributed by atoms with E-state index in [1.807, 2.05) is 24.3 Å². The summed E-state index contributed by atoms with van der Waals surface area (Å²) in [5, 5.41) is 3.01. The lowest BCUT2D eigenvalue weighted by Crippen LogP contribution is -2.33. The van der Waals surface area contributed by atoms with Crippen molar-refractivity contribution in [1.29, 1.82) is 0 Å². The SMILES string of the molecule is Cc1ccccc1CNC(=O)c1ccc(CN2CCC[C@@H](C)C2)cc1. The van der Waals surface area contributed by atoms with Crippen LogP contribution in [-0.4, -0.2) is 23.9 Å². The molecule has 25 heavy (non-hydrogen) atoms. The highest BCUT2D eigenvalue weighted by Gasteiger charge is 2.16. The number of aryl methyl sites for hydroxylation is 1. The van der Waals surface area contributed by atoms with Gasteiger partial charge in [0.15, 0.2) is 0 Å². The first-order valence-corrected chi connectivity index (χ1v) is 9.26. The molecule has 1 heterocycles. The third kappa shape index (κ3) is 4.93. The normalized spacial score (nSPS) is 18.1. The van der Waals surface area contributed by atoms with Gasteiger partial charge < -0.3 is 5.32 Å². The molecule has 1 atom stereocenters. The quantitative estimate of drug-likeness (QED) is 0.889. The first-order chi connectivity index (χ1) is 12.1. The number of benzene rings is 2. The molecule has 3 heteroatoms. The van der Waals surface area contributed by atoms with Crippen LogP contribution in [-0.2, 0) is 13.1 Å². The van der Waals surface area contributed by atoms with Crippen molar-refractivity contribution in [2.45, 2.75) is 39.8 Å². The van der Waals surface area contributed by atoms with Gasteiger partial charge in [-0.3, -0.25) is 9.69 Å². The predicted octanol–water partition coefficient (Wildman–Crippen LogP) is 4.16. The number of nitrogens with zero attached hydrogens (tertiary/aromatic N) is 1. The summed E-state index contributed by atoms with van der Waals surface area (Å²) >= 11 is 0. The smallest absolute Gasteiger partial charge is 0.251 e. The maximum absolute atomic E-state index is 12.4. The van der Waals surface area contributed by atoms with E-state index in [1.54, 1.807) is 0 Å². The summed E-state index contributed by atoms with van der Waals surface area (Å²) < 4.78 is 0. The fraction of sp³-hybridized carbons (Fsp3) is 0.409. The highest BCUT2D eigenvalue weighted by Crippen LogP contribution is 2.18. The van der Waals surface area contributed by atoms with Gasteiger partial charge in [-0.25, -0.2) is 0 Å². The first kappa shape index (κ1) is 17.7. The van der Waals surface area contributed by atoms with Gasteiger partial charge in [-0.2, -0.15) is 0 Å². The van der Waals surface area contributed by atoms with E-state index in [4.69, 9.17) is 0 Å². The van der Waals surface area contributed by atoms with E-state index in [0.717, 1.165) is 23.6 Å². The van der Waals surface area contributed by atoms with Crippen molar-refractivity contribution >= 4 is 5.91 Å². The molecular formula is C22H28N2O. The molecule has 1 aliphatic rings. The van der Waals surface area contributed by atoms with Crippen LogP contribution in [0.5, 0.6) is 0 Å². The molecule has 3 rings (SSSR count). The third-order valence-corrected chi connectivity index (χ3v) is 5.06. The van der Waals surface area contributed by atoms with Crippen molar-refractivity contribution in [3.8, 4) is 0 Å². The summed E-state index contributed by atoms with van der Waals surface area (Å²) in [6.07, 6.45) is 2.64. The Bertz CT molecular complexity index is 708. The lowest BCUT2D eigenvalue weighted by molar-refractivity contribution is 0.0951. The van der Waals surface area contributed by atoms with Crippen molar-refractivity contribution < 1.29 is 4.79 Å². The van der Waals surface area contributed by atoms with Gasteiger partial charge in [0, 0.05) is 25.2 Å². The van der Waals surface area contributed by atoms with Gasteiger partial charge in [0.25, 0.3) is 5.91 Å². The van der Waals surface area contributed by atoms with Crippen LogP contribution in [0.4, 0.5) is 0 Å². The van der Waals surface area contributed by atoms with Crippen molar-refractivity contribution in [2.75, 3.05) is 13.1 Å². The Labute approximate surface area is 151 Å². The second-order valence-corrected chi connectivity index (χ2v) is 7.29. The molecule has 1 saturated heterocycles. The summed E-state index contributed by atoms with van der Waals surface area (Å²) in [5.41, 5.74) is 4.37. The maximum atomic E-state index is 12.4. The van der Waals surface area contributed by atoms with Gasteiger partial charge >= 0.3 is 0 Å². The van der Waals surface area contributed by atoms with E-state index in [2.05, 4.69) is 48.3 Å². The highest BCUT2D eigenvalue weighted by molar-refractivity contribution is 5.94. The average molecular weight is 336 g/mol. The van der Waals surface area contributed by atoms with Crippen LogP contribution in [0.1, 0.15) is 46.8 Å². The van der Waals surface area contributed by atoms with Crippen LogP contribution in [0.25, 0.3) is 0 Å². The second kappa shape index (κ2) is 8.30. The summed E-state index contributed by atoms with van der Waals surface area (Å²) in [4.78, 5) is 14.9. The zero-order valence-corrected chi connectivity index (χ0v) is 15.3. The Morgan fingerprint density at radius 1 is 1.16 bits per heavy atom. The van der Waals surface area contributed by atoms with Crippen molar-refractivity contribution in [3.05, 3.63) is 70.8 Å². The lowest BCUT2D eigenvalue weighted by Gasteiger charge is -2.30. The summed E-state index contributed by atoms with van der Waals surface area (Å²) in [7, 11) is 0. The fourth-order valence-corrected chi connectivity index (χ4v) is 3.54. The number of rotatable bonds is 5. The molecule has 1 aliphatic heterocycles. The molecule has 0 unspecified atom stereocenters. The van der Waals surface area contributed by atoms with Crippen LogP contribution >= 0.6 is 0 Å². The molecule has 0 radical (unpaired) electrons. The molecule has 0 aromatic heterocycles. The highest BCUT2D eigenvalue weighted by atomic mass is 16.1. The van der Waals surface area contributed by atoms with E-state index in [1.165, 1.54) is 37.1 Å². The molecule has 0 aliphatic carbocycles. The fourth-order valence-electron chi connectivity index (χ4n) is 3.54. The number of carbonyl (C=O) groups is 1. The van der Waals surface area contributed by atoms with Gasteiger partial charge in [-0.05, 0) is 61.1 Å². The van der Waals surface area contributed by atoms with E-state index in [-0.39, 0.29) is 5.91 Å². The van der Waals surface area contributed by atoms with Gasteiger partial charge in [0.05, 0.1) is 0 Å². The lowest BCUT2D eigenvalue weighted by atomic mass is 9.99. The Hall–Kier alpha value is -2.13. The minimum Gasteiger partial charge on any atom is -0.348 e. The van der Waals surface area contributed by atoms with Gasteiger partial charge in [-0.15, -0.1) is 0 Å². The van der Waals surface area contributed by atoms with Crippen LogP contribution in [0.15, 0.2) is 48.5 Å². The molecule has 1 amide bonds. The second-order valence-electron chi connectivity index (χ2n) is 7.29. The number of piperidine rings is 1. The van der Waals surface area contributed by atoms with Gasteiger partial charge in [0.2, 0.25) is 0 Å². The Morgan fingerprint density at radius 2 is 1.92 bits per heavy atom. The standard InChI is InChI=1S/C22H28N2O/c1-17-6-5-13-24(15-17)16-19-9-11-20(12-10-19)22(25)23-14-21-8-4-3-7-18(21)2/h3-4,7-12,17H,5-6,13-16H2,1-2H3,(H,23,25)/t17-/m1/s1. The Kier molecular flexibility index (Phi) is 5.87. The van der Waals surface area contributed by atoms with Crippen LogP contribution in [0.3, 0.4) is 0 Å². The van der Waals surface area contributed by atoms with E-state index in [9.17, 15) is 4.79 Å². The van der Waals surface area contributed by atoms with E-state index >= 15 is 0 Å². The third-order valence-electron chi connectivity index (χ3n) is 5.06. The minimum atomic E-state index is -0.0126. The zero-order valence-electron chi connectivity index (χ0n) is 15.3. The van der Waals surface area contributed by atoms with Crippen LogP contribution < -0.4 is 5.32 Å². The average Bonchev–Trinajstić information content (AvgIpc) is 2.61. The maximum Gasteiger partial charge on any atom is 0.251 e. The summed E-state index contributed by atoms with van der Waals surface area (Å²) in [6, 6.07) is 16.2. The molecule has 2 aromatic rings. The summed E-state index contributed by atoms with van der Waals surface area (Å²) in [5.74, 6) is 0.779. The number of nitrogens with one attached hydrogen (secondary N) is 1.